The number of nitrogens with one attached hydrogen (secondary N) is 3. The fourth-order valence-electron chi connectivity index (χ4n) is 0.931. The van der Waals surface area contributed by atoms with E-state index < -0.39 is 0 Å². The van der Waals surface area contributed by atoms with E-state index >= 15 is 0 Å². The summed E-state index contributed by atoms with van der Waals surface area (Å²) >= 11 is 6.56. The van der Waals surface area contributed by atoms with Gasteiger partial charge in [-0.15, -0.1) is 6.58 Å². The molecule has 0 unspecified atom stereocenters. The molecular weight excluding hydrogens is 254 g/mol. The first-order valence-electron chi connectivity index (χ1n) is 4.98. The molecule has 1 heterocycles. The normalized spacial score (nSPS) is 11.4. The highest BCUT2D eigenvalue weighted by molar-refractivity contribution is 7.98. The van der Waals surface area contributed by atoms with Crippen LogP contribution >= 0.6 is 24.0 Å². The minimum atomic E-state index is 0.115. The van der Waals surface area contributed by atoms with Crippen LogP contribution in [-0.2, 0) is 0 Å². The summed E-state index contributed by atoms with van der Waals surface area (Å²) in [6.07, 6.45) is 5.38. The van der Waals surface area contributed by atoms with Gasteiger partial charge >= 0.3 is 0 Å². The minimum Gasteiger partial charge on any atom is -0.355 e. The Hall–Kier alpha value is -1.34. The predicted octanol–water partition coefficient (Wildman–Crippen LogP) is 1.56. The van der Waals surface area contributed by atoms with Crippen LogP contribution in [0.3, 0.4) is 0 Å². The summed E-state index contributed by atoms with van der Waals surface area (Å²) in [5.41, 5.74) is 5.73. The van der Waals surface area contributed by atoms with Gasteiger partial charge in [-0.2, -0.15) is 0 Å². The van der Waals surface area contributed by atoms with Crippen LogP contribution in [0.25, 0.3) is 0 Å². The maximum absolute atomic E-state index is 5.08. The molecule has 17 heavy (non-hydrogen) atoms. The maximum Gasteiger partial charge on any atom is 0.189 e. The zero-order chi connectivity index (χ0) is 12.7. The standard InChI is InChI=1S/C10H15N5S2/c1-4-7(2)12-9(16)15-14-8-5-6-11-10(13-8)17-3/h4-7H,1H2,2-3H3,(H,11,13,14)(H2,12,15,16)/t7-/m0/s1. The van der Waals surface area contributed by atoms with Crippen molar-refractivity contribution < 1.29 is 0 Å². The summed E-state index contributed by atoms with van der Waals surface area (Å²) in [7, 11) is 0. The quantitative estimate of drug-likeness (QED) is 0.246. The van der Waals surface area contributed by atoms with Gasteiger partial charge in [0.05, 0.1) is 0 Å². The van der Waals surface area contributed by atoms with Gasteiger partial charge in [0.25, 0.3) is 0 Å². The zero-order valence-electron chi connectivity index (χ0n) is 9.73. The lowest BCUT2D eigenvalue weighted by molar-refractivity contribution is 0.791. The van der Waals surface area contributed by atoms with Crippen molar-refractivity contribution in [3.05, 3.63) is 24.9 Å². The molecule has 0 fully saturated rings. The SMILES string of the molecule is C=C[C@H](C)NC(=S)NNc1ccnc(SC)n1. The molecule has 5 nitrogen and oxygen atoms in total. The Morgan fingerprint density at radius 2 is 2.41 bits per heavy atom. The molecule has 3 N–H and O–H groups in total. The van der Waals surface area contributed by atoms with Crippen molar-refractivity contribution in [2.75, 3.05) is 11.7 Å². The van der Waals surface area contributed by atoms with Gasteiger partial charge in [0, 0.05) is 18.3 Å². The highest BCUT2D eigenvalue weighted by Gasteiger charge is 2.00. The fraction of sp³-hybridized carbons (Fsp3) is 0.300. The summed E-state index contributed by atoms with van der Waals surface area (Å²) in [5.74, 6) is 0.666. The first kappa shape index (κ1) is 13.7. The van der Waals surface area contributed by atoms with Crippen molar-refractivity contribution in [2.24, 2.45) is 0 Å². The summed E-state index contributed by atoms with van der Waals surface area (Å²) < 4.78 is 0. The fourth-order valence-corrected chi connectivity index (χ4v) is 1.52. The third-order valence-electron chi connectivity index (χ3n) is 1.83. The van der Waals surface area contributed by atoms with Crippen LogP contribution in [0.5, 0.6) is 0 Å². The molecule has 0 bridgehead atoms. The van der Waals surface area contributed by atoms with E-state index in [4.69, 9.17) is 12.2 Å². The molecule has 1 aromatic rings. The molecule has 0 saturated heterocycles. The van der Waals surface area contributed by atoms with Crippen LogP contribution < -0.4 is 16.2 Å². The Labute approximate surface area is 110 Å². The van der Waals surface area contributed by atoms with E-state index in [1.54, 1.807) is 18.3 Å². The second-order valence-corrected chi connectivity index (χ2v) is 4.36. The minimum absolute atomic E-state index is 0.115. The lowest BCUT2D eigenvalue weighted by Gasteiger charge is -2.14. The summed E-state index contributed by atoms with van der Waals surface area (Å²) in [5, 5.41) is 4.21. The van der Waals surface area contributed by atoms with E-state index in [1.165, 1.54) is 11.8 Å². The van der Waals surface area contributed by atoms with E-state index in [2.05, 4.69) is 32.7 Å². The number of hydrogen-bond donors (Lipinski definition) is 3. The third kappa shape index (κ3) is 5.01. The van der Waals surface area contributed by atoms with Gasteiger partial charge < -0.3 is 5.32 Å². The Kier molecular flexibility index (Phi) is 5.71. The maximum atomic E-state index is 5.08. The van der Waals surface area contributed by atoms with E-state index in [9.17, 15) is 0 Å². The van der Waals surface area contributed by atoms with Gasteiger partial charge in [-0.3, -0.25) is 10.9 Å². The first-order chi connectivity index (χ1) is 8.15. The molecule has 0 saturated carbocycles. The molecule has 1 rings (SSSR count). The summed E-state index contributed by atoms with van der Waals surface area (Å²) in [6, 6.07) is 1.87. The predicted molar refractivity (Wildman–Crippen MR) is 76.0 cm³/mol. The molecule has 92 valence electrons. The molecule has 0 radical (unpaired) electrons. The molecule has 0 aliphatic rings. The molecule has 1 aromatic heterocycles. The average molecular weight is 269 g/mol. The smallest absolute Gasteiger partial charge is 0.189 e. The number of nitrogens with zero attached hydrogens (tertiary/aromatic N) is 2. The van der Waals surface area contributed by atoms with Crippen LogP contribution in [0.1, 0.15) is 6.92 Å². The van der Waals surface area contributed by atoms with E-state index in [0.717, 1.165) is 0 Å². The number of hydrazine groups is 1. The lowest BCUT2D eigenvalue weighted by Crippen LogP contribution is -2.42. The summed E-state index contributed by atoms with van der Waals surface area (Å²) in [4.78, 5) is 8.30. The number of hydrogen-bond acceptors (Lipinski definition) is 5. The molecular formula is C10H15N5S2. The molecule has 0 spiro atoms. The Morgan fingerprint density at radius 3 is 3.06 bits per heavy atom. The van der Waals surface area contributed by atoms with Gasteiger partial charge in [0.15, 0.2) is 10.3 Å². The van der Waals surface area contributed by atoms with Gasteiger partial charge in [0.1, 0.15) is 5.82 Å². The molecule has 0 amide bonds. The zero-order valence-corrected chi connectivity index (χ0v) is 11.4. The van der Waals surface area contributed by atoms with Crippen molar-refractivity contribution in [3.63, 3.8) is 0 Å². The number of rotatable bonds is 5. The second-order valence-electron chi connectivity index (χ2n) is 3.18. The molecule has 1 atom stereocenters. The van der Waals surface area contributed by atoms with Crippen LogP contribution in [0.2, 0.25) is 0 Å². The summed E-state index contributed by atoms with van der Waals surface area (Å²) in [6.45, 7) is 5.62. The van der Waals surface area contributed by atoms with Crippen LogP contribution in [0.4, 0.5) is 5.82 Å². The Bertz CT molecular complexity index is 396. The molecule has 0 aliphatic heterocycles. The third-order valence-corrected chi connectivity index (χ3v) is 2.61. The van der Waals surface area contributed by atoms with Crippen molar-refractivity contribution in [1.82, 2.24) is 20.7 Å². The van der Waals surface area contributed by atoms with E-state index in [0.29, 0.717) is 16.1 Å². The first-order valence-corrected chi connectivity index (χ1v) is 6.61. The second kappa shape index (κ2) is 7.08. The topological polar surface area (TPSA) is 61.9 Å². The van der Waals surface area contributed by atoms with Gasteiger partial charge in [0.2, 0.25) is 0 Å². The largest absolute Gasteiger partial charge is 0.355 e. The monoisotopic (exact) mass is 269 g/mol. The van der Waals surface area contributed by atoms with E-state index in [1.807, 2.05) is 13.2 Å². The number of thioether (sulfide) groups is 1. The lowest BCUT2D eigenvalue weighted by atomic mass is 10.3. The van der Waals surface area contributed by atoms with Gasteiger partial charge in [-0.1, -0.05) is 17.8 Å². The number of thiocarbonyl (C=S) groups is 1. The van der Waals surface area contributed by atoms with E-state index in [-0.39, 0.29) is 6.04 Å². The van der Waals surface area contributed by atoms with Crippen molar-refractivity contribution >= 4 is 34.9 Å². The average Bonchev–Trinajstić information content (AvgIpc) is 2.36. The van der Waals surface area contributed by atoms with Crippen molar-refractivity contribution in [2.45, 2.75) is 18.1 Å². The van der Waals surface area contributed by atoms with Crippen molar-refractivity contribution in [3.8, 4) is 0 Å². The van der Waals surface area contributed by atoms with Crippen LogP contribution in [0, 0.1) is 0 Å². The Balaban J connectivity index is 2.44. The number of anilines is 1. The van der Waals surface area contributed by atoms with Gasteiger partial charge in [-0.25, -0.2) is 9.97 Å². The van der Waals surface area contributed by atoms with Gasteiger partial charge in [-0.05, 0) is 25.4 Å². The Morgan fingerprint density at radius 1 is 1.65 bits per heavy atom. The highest BCUT2D eigenvalue weighted by atomic mass is 32.2. The number of aromatic nitrogens is 2. The van der Waals surface area contributed by atoms with Crippen molar-refractivity contribution in [1.29, 1.82) is 0 Å². The molecule has 0 aliphatic carbocycles. The molecule has 0 aromatic carbocycles. The molecule has 7 heteroatoms. The highest BCUT2D eigenvalue weighted by Crippen LogP contribution is 2.09. The van der Waals surface area contributed by atoms with Crippen LogP contribution in [-0.4, -0.2) is 27.4 Å². The van der Waals surface area contributed by atoms with Crippen LogP contribution in [0.15, 0.2) is 30.1 Å².